The summed E-state index contributed by atoms with van der Waals surface area (Å²) in [5, 5.41) is 0.902. The van der Waals surface area contributed by atoms with E-state index in [9.17, 15) is 9.59 Å². The summed E-state index contributed by atoms with van der Waals surface area (Å²) in [5.74, 6) is -0.429. The Morgan fingerprint density at radius 1 is 1.03 bits per heavy atom. The number of hydrogen-bond donors (Lipinski definition) is 0. The third-order valence-corrected chi connectivity index (χ3v) is 7.20. The van der Waals surface area contributed by atoms with E-state index in [-0.39, 0.29) is 17.7 Å². The second-order valence-electron chi connectivity index (χ2n) is 7.72. The van der Waals surface area contributed by atoms with Crippen LogP contribution in [0, 0.1) is 12.8 Å². The van der Waals surface area contributed by atoms with E-state index in [2.05, 4.69) is 0 Å². The molecule has 0 radical (unpaired) electrons. The molecule has 7 heteroatoms. The first-order valence-corrected chi connectivity index (χ1v) is 11.2. The highest BCUT2D eigenvalue weighted by molar-refractivity contribution is 8.15. The minimum atomic E-state index is -0.538. The minimum absolute atomic E-state index is 0.182. The van der Waals surface area contributed by atoms with Gasteiger partial charge >= 0.3 is 0 Å². The van der Waals surface area contributed by atoms with Crippen LogP contribution in [0.4, 0.5) is 11.4 Å². The van der Waals surface area contributed by atoms with Gasteiger partial charge in [-0.25, -0.2) is 9.89 Å². The normalized spacial score (nSPS) is 24.6. The molecule has 3 heterocycles. The van der Waals surface area contributed by atoms with Gasteiger partial charge in [-0.3, -0.25) is 9.59 Å². The van der Waals surface area contributed by atoms with Crippen LogP contribution in [0.1, 0.15) is 23.7 Å². The van der Waals surface area contributed by atoms with Crippen molar-refractivity contribution in [1.29, 1.82) is 0 Å². The van der Waals surface area contributed by atoms with Crippen LogP contribution in [-0.4, -0.2) is 22.1 Å². The van der Waals surface area contributed by atoms with Crippen molar-refractivity contribution in [2.75, 3.05) is 4.90 Å². The SMILES string of the molecule is Cc1ccc(N2C(=O)[C@H]3[C@H](SC(=Nc4ccc(Cl)cc4)C[C@H]3c3ccco3)C2=O)cc1. The van der Waals surface area contributed by atoms with E-state index >= 15 is 0 Å². The summed E-state index contributed by atoms with van der Waals surface area (Å²) in [6, 6.07) is 18.4. The van der Waals surface area contributed by atoms with Crippen molar-refractivity contribution in [3.8, 4) is 0 Å². The number of nitrogens with zero attached hydrogens (tertiary/aromatic N) is 2. The van der Waals surface area contributed by atoms with Gasteiger partial charge in [-0.05, 0) is 55.5 Å². The summed E-state index contributed by atoms with van der Waals surface area (Å²) in [4.78, 5) is 32.9. The molecule has 0 bridgehead atoms. The monoisotopic (exact) mass is 450 g/mol. The van der Waals surface area contributed by atoms with Gasteiger partial charge in [0.05, 0.1) is 28.6 Å². The predicted octanol–water partition coefficient (Wildman–Crippen LogP) is 5.75. The molecule has 2 fully saturated rings. The van der Waals surface area contributed by atoms with Crippen molar-refractivity contribution in [3.63, 3.8) is 0 Å². The number of hydrogen-bond acceptors (Lipinski definition) is 5. The lowest BCUT2D eigenvalue weighted by Crippen LogP contribution is -2.33. The molecule has 2 amide bonds. The standard InChI is InChI=1S/C24H19ClN2O3S/c1-14-4-10-17(11-5-14)27-23(28)21-18(19-3-2-12-30-19)13-20(31-22(21)24(27)29)26-16-8-6-15(25)7-9-16/h2-12,18,21-22H,13H2,1H3/t18-,21+,22-/m0/s1. The lowest BCUT2D eigenvalue weighted by Gasteiger charge is -2.29. The van der Waals surface area contributed by atoms with E-state index < -0.39 is 11.2 Å². The minimum Gasteiger partial charge on any atom is -0.469 e. The number of anilines is 1. The first kappa shape index (κ1) is 20.1. The van der Waals surface area contributed by atoms with E-state index in [1.165, 1.54) is 16.7 Å². The van der Waals surface area contributed by atoms with Crippen LogP contribution in [0.25, 0.3) is 0 Å². The molecule has 0 aliphatic carbocycles. The summed E-state index contributed by atoms with van der Waals surface area (Å²) in [7, 11) is 0. The summed E-state index contributed by atoms with van der Waals surface area (Å²) in [6.07, 6.45) is 2.13. The molecule has 3 atom stereocenters. The molecule has 2 aromatic carbocycles. The number of amides is 2. The van der Waals surface area contributed by atoms with E-state index in [4.69, 9.17) is 21.0 Å². The Balaban J connectivity index is 1.53. The van der Waals surface area contributed by atoms with Crippen molar-refractivity contribution in [1.82, 2.24) is 0 Å². The first-order chi connectivity index (χ1) is 15.0. The molecule has 2 aliphatic rings. The number of benzene rings is 2. The average Bonchev–Trinajstić information content (AvgIpc) is 3.38. The van der Waals surface area contributed by atoms with Crippen molar-refractivity contribution in [3.05, 3.63) is 83.3 Å². The van der Waals surface area contributed by atoms with Gasteiger partial charge in [-0.2, -0.15) is 0 Å². The summed E-state index contributed by atoms with van der Waals surface area (Å²) in [5.41, 5.74) is 2.43. The molecule has 1 aromatic heterocycles. The Morgan fingerprint density at radius 3 is 2.45 bits per heavy atom. The van der Waals surface area contributed by atoms with E-state index in [0.717, 1.165) is 16.3 Å². The Bertz CT molecular complexity index is 1160. The predicted molar refractivity (Wildman–Crippen MR) is 123 cm³/mol. The third kappa shape index (κ3) is 3.70. The molecule has 0 N–H and O–H groups in total. The van der Waals surface area contributed by atoms with Gasteiger partial charge in [0.15, 0.2) is 0 Å². The molecule has 0 unspecified atom stereocenters. The highest BCUT2D eigenvalue weighted by Gasteiger charge is 2.55. The molecule has 2 aliphatic heterocycles. The maximum Gasteiger partial charge on any atom is 0.248 e. The molecule has 0 spiro atoms. The quantitative estimate of drug-likeness (QED) is 0.476. The van der Waals surface area contributed by atoms with Gasteiger partial charge in [-0.1, -0.05) is 41.1 Å². The van der Waals surface area contributed by atoms with E-state index in [1.807, 2.05) is 49.4 Å². The lowest BCUT2D eigenvalue weighted by molar-refractivity contribution is -0.122. The summed E-state index contributed by atoms with van der Waals surface area (Å²) in [6.45, 7) is 1.97. The van der Waals surface area contributed by atoms with E-state index in [0.29, 0.717) is 22.9 Å². The number of carbonyl (C=O) groups is 2. The molecule has 31 heavy (non-hydrogen) atoms. The highest BCUT2D eigenvalue weighted by Crippen LogP contribution is 2.49. The highest BCUT2D eigenvalue weighted by atomic mass is 35.5. The van der Waals surface area contributed by atoms with Gasteiger partial charge < -0.3 is 4.42 Å². The molecule has 5 nitrogen and oxygen atoms in total. The van der Waals surface area contributed by atoms with Gasteiger partial charge in [0.2, 0.25) is 11.8 Å². The third-order valence-electron chi connectivity index (χ3n) is 5.67. The van der Waals surface area contributed by atoms with Gasteiger partial charge in [0.25, 0.3) is 0 Å². The molecule has 0 saturated carbocycles. The van der Waals surface area contributed by atoms with Crippen molar-refractivity contribution < 1.29 is 14.0 Å². The number of halogens is 1. The fourth-order valence-electron chi connectivity index (χ4n) is 4.14. The average molecular weight is 451 g/mol. The number of aryl methyl sites for hydroxylation is 1. The van der Waals surface area contributed by atoms with Crippen LogP contribution in [-0.2, 0) is 9.59 Å². The fourth-order valence-corrected chi connectivity index (χ4v) is 5.66. The maximum atomic E-state index is 13.4. The number of rotatable bonds is 3. The van der Waals surface area contributed by atoms with Gasteiger partial charge in [0, 0.05) is 17.4 Å². The van der Waals surface area contributed by atoms with Crippen molar-refractivity contribution >= 4 is 51.6 Å². The second kappa shape index (κ2) is 8.02. The zero-order chi connectivity index (χ0) is 21.5. The Kier molecular flexibility index (Phi) is 5.20. The van der Waals surface area contributed by atoms with Gasteiger partial charge in [-0.15, -0.1) is 0 Å². The van der Waals surface area contributed by atoms with Crippen LogP contribution < -0.4 is 4.90 Å². The molecular weight excluding hydrogens is 432 g/mol. The van der Waals surface area contributed by atoms with E-state index in [1.54, 1.807) is 24.5 Å². The number of carbonyl (C=O) groups excluding carboxylic acids is 2. The number of fused-ring (bicyclic) bond motifs is 1. The van der Waals surface area contributed by atoms with Crippen LogP contribution in [0.3, 0.4) is 0 Å². The number of aliphatic imine (C=N–C) groups is 1. The fraction of sp³-hybridized carbons (Fsp3) is 0.208. The Hall–Kier alpha value is -2.83. The summed E-state index contributed by atoms with van der Waals surface area (Å²) < 4.78 is 5.67. The molecule has 5 rings (SSSR count). The van der Waals surface area contributed by atoms with Crippen LogP contribution in [0.5, 0.6) is 0 Å². The van der Waals surface area contributed by atoms with Crippen molar-refractivity contribution in [2.45, 2.75) is 24.5 Å². The first-order valence-electron chi connectivity index (χ1n) is 9.99. The molecule has 2 saturated heterocycles. The smallest absolute Gasteiger partial charge is 0.248 e. The number of thioether (sulfide) groups is 1. The second-order valence-corrected chi connectivity index (χ2v) is 9.37. The molecule has 156 valence electrons. The Morgan fingerprint density at radius 2 is 1.77 bits per heavy atom. The van der Waals surface area contributed by atoms with Crippen LogP contribution >= 0.6 is 23.4 Å². The zero-order valence-corrected chi connectivity index (χ0v) is 18.3. The van der Waals surface area contributed by atoms with Crippen LogP contribution in [0.15, 0.2) is 76.3 Å². The lowest BCUT2D eigenvalue weighted by atomic mass is 9.85. The Labute approximate surface area is 189 Å². The number of furan rings is 1. The van der Waals surface area contributed by atoms with Gasteiger partial charge in [0.1, 0.15) is 11.0 Å². The number of imide groups is 1. The summed E-state index contributed by atoms with van der Waals surface area (Å²) >= 11 is 7.36. The molecule has 3 aromatic rings. The largest absolute Gasteiger partial charge is 0.469 e. The van der Waals surface area contributed by atoms with Crippen molar-refractivity contribution in [2.24, 2.45) is 10.9 Å². The molecular formula is C24H19ClN2O3S. The maximum absolute atomic E-state index is 13.4. The van der Waals surface area contributed by atoms with Crippen LogP contribution in [0.2, 0.25) is 5.02 Å². The topological polar surface area (TPSA) is 62.9 Å². The zero-order valence-electron chi connectivity index (χ0n) is 16.7.